The van der Waals surface area contributed by atoms with Gasteiger partial charge >= 0.3 is 41.8 Å². The minimum absolute atomic E-state index is 0.182. The van der Waals surface area contributed by atoms with Gasteiger partial charge in [0.2, 0.25) is 0 Å². The van der Waals surface area contributed by atoms with Crippen molar-refractivity contribution in [2.45, 2.75) is 116 Å². The summed E-state index contributed by atoms with van der Waals surface area (Å²) in [5.74, 6) is -6.08. The van der Waals surface area contributed by atoms with Crippen molar-refractivity contribution in [1.82, 2.24) is 4.98 Å². The number of ether oxygens (including phenoxy) is 10. The molecule has 1 N–H and O–H groups in total. The van der Waals surface area contributed by atoms with Gasteiger partial charge in [-0.25, -0.2) is 0 Å². The number of aromatic amines is 1. The first kappa shape index (κ1) is 47.4. The first-order valence-corrected chi connectivity index (χ1v) is 19.6. The largest absolute Gasteiger partial charge is 0.463 e. The molecule has 10 atom stereocenters. The van der Waals surface area contributed by atoms with E-state index in [4.69, 9.17) is 47.4 Å². The van der Waals surface area contributed by atoms with Crippen LogP contribution in [0.4, 0.5) is 0 Å². The fourth-order valence-corrected chi connectivity index (χ4v) is 7.40. The van der Waals surface area contributed by atoms with Gasteiger partial charge in [-0.15, -0.1) is 0 Å². The molecule has 0 unspecified atom stereocenters. The van der Waals surface area contributed by atoms with Gasteiger partial charge in [0, 0.05) is 66.1 Å². The maximum absolute atomic E-state index is 13.5. The Bertz CT molecular complexity index is 2340. The van der Waals surface area contributed by atoms with Gasteiger partial charge in [-0.05, 0) is 28.5 Å². The van der Waals surface area contributed by atoms with E-state index in [1.807, 2.05) is 42.5 Å². The number of benzene rings is 2. The van der Waals surface area contributed by atoms with Crippen LogP contribution >= 0.6 is 0 Å². The molecule has 0 amide bonds. The van der Waals surface area contributed by atoms with Gasteiger partial charge in [0.05, 0.1) is 0 Å². The summed E-state index contributed by atoms with van der Waals surface area (Å²) < 4.78 is 57.6. The van der Waals surface area contributed by atoms with Gasteiger partial charge in [-0.2, -0.15) is 5.26 Å². The van der Waals surface area contributed by atoms with Crippen molar-refractivity contribution in [3.05, 3.63) is 70.1 Å². The Labute approximate surface area is 359 Å². The summed E-state index contributed by atoms with van der Waals surface area (Å²) in [6.07, 6.45) is -16.1. The molecule has 0 radical (unpaired) electrons. The van der Waals surface area contributed by atoms with E-state index in [1.165, 1.54) is 0 Å². The highest BCUT2D eigenvalue weighted by Crippen LogP contribution is 2.36. The van der Waals surface area contributed by atoms with Crippen LogP contribution in [-0.2, 0) is 87.4 Å². The lowest BCUT2D eigenvalue weighted by atomic mass is 9.90. The highest BCUT2D eigenvalue weighted by atomic mass is 16.8. The maximum atomic E-state index is 13.5. The van der Waals surface area contributed by atoms with Crippen molar-refractivity contribution < 1.29 is 80.9 Å². The summed E-state index contributed by atoms with van der Waals surface area (Å²) in [7, 11) is 0. The van der Waals surface area contributed by atoms with Crippen molar-refractivity contribution in [1.29, 1.82) is 5.26 Å². The first-order valence-electron chi connectivity index (χ1n) is 19.6. The third-order valence-electron chi connectivity index (χ3n) is 9.71. The standard InChI is InChI=1S/C43H46N2O18/c1-20(46)54-18-34-38(63-43-41(60-26(7)52)40(59-25(6)51)37(57-23(4)49)35(62-43)19-55-21(2)47)39(58-24(5)50)36(56-22(3)48)33(61-34)16-30-15-31(32(17-44)42(53)45-30)29-13-12-27-10-8-9-11-28(27)14-29/h8-15,33-41,43H,16,18-19H2,1-7H3,(H,45,53)/t33-,34+,35+,36-,37+,38+,39+,40-,41+,43-/m0/s1. The number of carbonyl (C=O) groups excluding carboxylic acids is 7. The monoisotopic (exact) mass is 878 g/mol. The van der Waals surface area contributed by atoms with E-state index < -0.39 is 122 Å². The Balaban J connectivity index is 1.61. The van der Waals surface area contributed by atoms with E-state index in [-0.39, 0.29) is 23.2 Å². The van der Waals surface area contributed by atoms with Crippen LogP contribution in [-0.4, -0.2) is 121 Å². The van der Waals surface area contributed by atoms with E-state index in [2.05, 4.69) is 4.98 Å². The van der Waals surface area contributed by atoms with Crippen LogP contribution in [0.2, 0.25) is 0 Å². The zero-order valence-electron chi connectivity index (χ0n) is 35.3. The molecule has 336 valence electrons. The Morgan fingerprint density at radius 1 is 0.587 bits per heavy atom. The number of pyridine rings is 1. The average molecular weight is 879 g/mol. The van der Waals surface area contributed by atoms with Crippen LogP contribution in [0.1, 0.15) is 59.7 Å². The van der Waals surface area contributed by atoms with Crippen molar-refractivity contribution in [3.63, 3.8) is 0 Å². The van der Waals surface area contributed by atoms with Gasteiger partial charge in [-0.1, -0.05) is 36.4 Å². The first-order chi connectivity index (χ1) is 29.8. The molecule has 20 nitrogen and oxygen atoms in total. The van der Waals surface area contributed by atoms with Gasteiger partial charge < -0.3 is 52.4 Å². The smallest absolute Gasteiger partial charge is 0.303 e. The number of H-pyrrole nitrogens is 1. The average Bonchev–Trinajstić information content (AvgIpc) is 3.19. The molecule has 63 heavy (non-hydrogen) atoms. The lowest BCUT2D eigenvalue weighted by molar-refractivity contribution is -0.345. The molecule has 2 fully saturated rings. The Morgan fingerprint density at radius 3 is 1.62 bits per heavy atom. The lowest BCUT2D eigenvalue weighted by Gasteiger charge is -2.49. The molecule has 20 heteroatoms. The molecule has 3 heterocycles. The number of hydrogen-bond acceptors (Lipinski definition) is 19. The SMILES string of the molecule is CC(=O)OC[C@H]1O[C@@H](Cc2cc(-c3ccc4ccccc4c3)c(C#N)c(=O)[nH]2)[C@H](OC(C)=O)[C@@H](OC(C)=O)[C@@H]1O[C@@H]1O[C@H](COC(C)=O)[C@@H](OC(C)=O)[C@H](OC(C)=O)[C@H]1OC(C)=O. The van der Waals surface area contributed by atoms with Crippen molar-refractivity contribution in [3.8, 4) is 17.2 Å². The highest BCUT2D eigenvalue weighted by molar-refractivity contribution is 5.88. The second kappa shape index (κ2) is 20.9. The number of carbonyl (C=O) groups is 7. The van der Waals surface area contributed by atoms with Gasteiger partial charge in [0.15, 0.2) is 36.8 Å². The third kappa shape index (κ3) is 12.2. The summed E-state index contributed by atoms with van der Waals surface area (Å²) in [6, 6.07) is 16.4. The summed E-state index contributed by atoms with van der Waals surface area (Å²) in [6.45, 7) is 6.21. The van der Waals surface area contributed by atoms with Crippen molar-refractivity contribution in [2.24, 2.45) is 0 Å². The second-order valence-electron chi connectivity index (χ2n) is 14.6. The van der Waals surface area contributed by atoms with Crippen LogP contribution in [0.5, 0.6) is 0 Å². The topological polar surface area (TPSA) is 268 Å². The van der Waals surface area contributed by atoms with E-state index in [1.54, 1.807) is 12.1 Å². The second-order valence-corrected chi connectivity index (χ2v) is 14.6. The molecule has 1 aromatic heterocycles. The van der Waals surface area contributed by atoms with Gasteiger partial charge in [0.1, 0.15) is 49.3 Å². The zero-order valence-corrected chi connectivity index (χ0v) is 35.3. The normalized spacial score (nSPS) is 25.4. The van der Waals surface area contributed by atoms with Crippen LogP contribution in [0.3, 0.4) is 0 Å². The van der Waals surface area contributed by atoms with Crippen molar-refractivity contribution in [2.75, 3.05) is 13.2 Å². The van der Waals surface area contributed by atoms with Crippen LogP contribution < -0.4 is 5.56 Å². The lowest BCUT2D eigenvalue weighted by Crippen LogP contribution is -2.67. The Hall–Kier alpha value is -6.69. The Morgan fingerprint density at radius 2 is 1.08 bits per heavy atom. The minimum Gasteiger partial charge on any atom is -0.463 e. The molecule has 2 aliphatic heterocycles. The molecule has 2 aromatic carbocycles. The zero-order chi connectivity index (χ0) is 46.1. The fourth-order valence-electron chi connectivity index (χ4n) is 7.40. The predicted octanol–water partition coefficient (Wildman–Crippen LogP) is 2.27. The number of hydrogen-bond donors (Lipinski definition) is 1. The molecule has 2 aliphatic rings. The molecular weight excluding hydrogens is 832 g/mol. The number of aromatic nitrogens is 1. The van der Waals surface area contributed by atoms with E-state index in [9.17, 15) is 43.6 Å². The molecule has 2 saturated heterocycles. The van der Waals surface area contributed by atoms with Crippen molar-refractivity contribution >= 4 is 52.6 Å². The van der Waals surface area contributed by atoms with E-state index >= 15 is 0 Å². The van der Waals surface area contributed by atoms with Gasteiger partial charge in [0.25, 0.3) is 5.56 Å². The van der Waals surface area contributed by atoms with E-state index in [0.29, 0.717) is 5.56 Å². The van der Waals surface area contributed by atoms with Crippen LogP contribution in [0, 0.1) is 11.3 Å². The maximum Gasteiger partial charge on any atom is 0.303 e. The summed E-state index contributed by atoms with van der Waals surface area (Å²) in [4.78, 5) is 103. The predicted molar refractivity (Wildman–Crippen MR) is 212 cm³/mol. The summed E-state index contributed by atoms with van der Waals surface area (Å²) in [5, 5.41) is 11.8. The molecule has 0 saturated carbocycles. The molecule has 0 aliphatic carbocycles. The molecular formula is C43H46N2O18. The molecule has 0 bridgehead atoms. The number of rotatable bonds is 14. The minimum atomic E-state index is -1.86. The molecule has 5 rings (SSSR count). The number of esters is 7. The summed E-state index contributed by atoms with van der Waals surface area (Å²) >= 11 is 0. The molecule has 3 aromatic rings. The van der Waals surface area contributed by atoms with E-state index in [0.717, 1.165) is 59.2 Å². The quantitative estimate of drug-likeness (QED) is 0.180. The fraction of sp³-hybridized carbons (Fsp3) is 0.465. The number of nitrogens with zero attached hydrogens (tertiary/aromatic N) is 1. The summed E-state index contributed by atoms with van der Waals surface area (Å²) in [5.41, 5.74) is 0.0908. The van der Waals surface area contributed by atoms with Crippen LogP contribution in [0.25, 0.3) is 21.9 Å². The third-order valence-corrected chi connectivity index (χ3v) is 9.71. The van der Waals surface area contributed by atoms with Crippen LogP contribution in [0.15, 0.2) is 53.3 Å². The Kier molecular flexibility index (Phi) is 15.7. The number of nitrogens with one attached hydrogen (secondary N) is 1. The van der Waals surface area contributed by atoms with Gasteiger partial charge in [-0.3, -0.25) is 38.4 Å². The number of nitriles is 1. The highest BCUT2D eigenvalue weighted by Gasteiger charge is 2.57. The number of fused-ring (bicyclic) bond motifs is 1. The molecule has 0 spiro atoms.